The highest BCUT2D eigenvalue weighted by molar-refractivity contribution is 9.10. The fourth-order valence-corrected chi connectivity index (χ4v) is 2.15. The van der Waals surface area contributed by atoms with Crippen molar-refractivity contribution in [1.82, 2.24) is 15.4 Å². The van der Waals surface area contributed by atoms with Crippen LogP contribution in [0.4, 0.5) is 0 Å². The summed E-state index contributed by atoms with van der Waals surface area (Å²) in [5, 5.41) is 0.612. The Morgan fingerprint density at radius 3 is 2.82 bits per heavy atom. The number of aromatic nitrogens is 2. The molecule has 3 N–H and O–H groups in total. The maximum Gasteiger partial charge on any atom is 0.0911 e. The maximum atomic E-state index is 6.23. The molecule has 2 rings (SSSR count). The highest BCUT2D eigenvalue weighted by Crippen LogP contribution is 2.32. The van der Waals surface area contributed by atoms with Crippen molar-refractivity contribution < 1.29 is 0 Å². The van der Waals surface area contributed by atoms with Gasteiger partial charge in [-0.15, -0.1) is 0 Å². The number of benzene rings is 1. The van der Waals surface area contributed by atoms with Crippen molar-refractivity contribution in [2.24, 2.45) is 5.84 Å². The van der Waals surface area contributed by atoms with Crippen LogP contribution in [0.3, 0.4) is 0 Å². The molecule has 0 fully saturated rings. The number of halogens is 2. The highest BCUT2D eigenvalue weighted by Gasteiger charge is 2.17. The molecule has 0 aliphatic carbocycles. The van der Waals surface area contributed by atoms with Gasteiger partial charge in [-0.1, -0.05) is 23.7 Å². The molecule has 0 aliphatic heterocycles. The molecule has 0 bridgehead atoms. The highest BCUT2D eigenvalue weighted by atomic mass is 79.9. The van der Waals surface area contributed by atoms with E-state index in [0.29, 0.717) is 5.02 Å². The minimum atomic E-state index is -0.284. The minimum Gasteiger partial charge on any atom is -0.271 e. The van der Waals surface area contributed by atoms with E-state index in [2.05, 4.69) is 31.3 Å². The van der Waals surface area contributed by atoms with Gasteiger partial charge in [-0.05, 0) is 27.6 Å². The number of nitrogens with two attached hydrogens (primary N) is 1. The average molecular weight is 314 g/mol. The Morgan fingerprint density at radius 1 is 1.35 bits per heavy atom. The molecule has 6 heteroatoms. The van der Waals surface area contributed by atoms with Crippen molar-refractivity contribution in [3.63, 3.8) is 0 Å². The lowest BCUT2D eigenvalue weighted by Gasteiger charge is -2.17. The van der Waals surface area contributed by atoms with E-state index in [9.17, 15) is 0 Å². The number of hydrazine groups is 1. The summed E-state index contributed by atoms with van der Waals surface area (Å²) >= 11 is 9.61. The summed E-state index contributed by atoms with van der Waals surface area (Å²) in [6.45, 7) is 0. The lowest BCUT2D eigenvalue weighted by Crippen LogP contribution is -2.29. The van der Waals surface area contributed by atoms with E-state index in [0.717, 1.165) is 15.7 Å². The molecule has 1 aromatic heterocycles. The fourth-order valence-electron chi connectivity index (χ4n) is 1.54. The second kappa shape index (κ2) is 5.55. The topological polar surface area (TPSA) is 63.8 Å². The summed E-state index contributed by atoms with van der Waals surface area (Å²) in [5.74, 6) is 5.56. The second-order valence-corrected chi connectivity index (χ2v) is 4.61. The first-order valence-electron chi connectivity index (χ1n) is 4.90. The van der Waals surface area contributed by atoms with Crippen LogP contribution in [0.15, 0.2) is 41.3 Å². The maximum absolute atomic E-state index is 6.23. The molecule has 88 valence electrons. The molecule has 4 nitrogen and oxygen atoms in total. The average Bonchev–Trinajstić information content (AvgIpc) is 2.37. The lowest BCUT2D eigenvalue weighted by atomic mass is 10.0. The van der Waals surface area contributed by atoms with Gasteiger partial charge in [0, 0.05) is 16.9 Å². The van der Waals surface area contributed by atoms with Gasteiger partial charge in [0.15, 0.2) is 0 Å². The summed E-state index contributed by atoms with van der Waals surface area (Å²) in [6.07, 6.45) is 4.88. The van der Waals surface area contributed by atoms with Crippen LogP contribution in [0.2, 0.25) is 5.02 Å². The molecule has 1 aromatic carbocycles. The molecule has 0 aliphatic rings. The van der Waals surface area contributed by atoms with Crippen LogP contribution in [0.1, 0.15) is 17.3 Å². The smallest absolute Gasteiger partial charge is 0.0911 e. The van der Waals surface area contributed by atoms with E-state index in [4.69, 9.17) is 17.4 Å². The largest absolute Gasteiger partial charge is 0.271 e. The van der Waals surface area contributed by atoms with E-state index < -0.39 is 0 Å². The summed E-state index contributed by atoms with van der Waals surface area (Å²) in [6, 6.07) is 5.38. The van der Waals surface area contributed by atoms with Crippen LogP contribution in [0.25, 0.3) is 0 Å². The molecule has 1 heterocycles. The van der Waals surface area contributed by atoms with E-state index in [1.54, 1.807) is 18.6 Å². The van der Waals surface area contributed by atoms with Gasteiger partial charge in [-0.3, -0.25) is 15.8 Å². The van der Waals surface area contributed by atoms with Crippen molar-refractivity contribution in [2.75, 3.05) is 0 Å². The number of hydrogen-bond donors (Lipinski definition) is 2. The van der Waals surface area contributed by atoms with Gasteiger partial charge < -0.3 is 0 Å². The van der Waals surface area contributed by atoms with E-state index in [-0.39, 0.29) is 6.04 Å². The lowest BCUT2D eigenvalue weighted by molar-refractivity contribution is 0.617. The number of nitrogens with one attached hydrogen (secondary N) is 1. The molecule has 0 saturated carbocycles. The second-order valence-electron chi connectivity index (χ2n) is 3.37. The number of hydrogen-bond acceptors (Lipinski definition) is 4. The Hall–Kier alpha value is -1.01. The molecule has 1 atom stereocenters. The van der Waals surface area contributed by atoms with E-state index in [1.807, 2.05) is 18.2 Å². The molecule has 0 spiro atoms. The molecule has 0 radical (unpaired) electrons. The van der Waals surface area contributed by atoms with Gasteiger partial charge in [0.05, 0.1) is 23.0 Å². The van der Waals surface area contributed by atoms with Crippen LogP contribution in [-0.4, -0.2) is 9.97 Å². The van der Waals surface area contributed by atoms with Gasteiger partial charge in [0.2, 0.25) is 0 Å². The van der Waals surface area contributed by atoms with E-state index in [1.165, 1.54) is 0 Å². The SMILES string of the molecule is NNC(c1cnccn1)c1cccc(Br)c1Cl. The van der Waals surface area contributed by atoms with Gasteiger partial charge in [0.1, 0.15) is 0 Å². The Bertz CT molecular complexity index is 506. The van der Waals surface area contributed by atoms with Crippen LogP contribution in [-0.2, 0) is 0 Å². The summed E-state index contributed by atoms with van der Waals surface area (Å²) in [5.41, 5.74) is 4.26. The summed E-state index contributed by atoms with van der Waals surface area (Å²) in [4.78, 5) is 8.24. The molecular formula is C11H10BrClN4. The molecule has 0 amide bonds. The zero-order valence-electron chi connectivity index (χ0n) is 8.77. The first-order chi connectivity index (χ1) is 8.24. The van der Waals surface area contributed by atoms with Gasteiger partial charge in [-0.25, -0.2) is 5.43 Å². The monoisotopic (exact) mass is 312 g/mol. The summed E-state index contributed by atoms with van der Waals surface area (Å²) < 4.78 is 0.820. The zero-order valence-corrected chi connectivity index (χ0v) is 11.1. The predicted octanol–water partition coefficient (Wildman–Crippen LogP) is 2.45. The summed E-state index contributed by atoms with van der Waals surface area (Å²) in [7, 11) is 0. The van der Waals surface area contributed by atoms with Crippen molar-refractivity contribution in [3.8, 4) is 0 Å². The fraction of sp³-hybridized carbons (Fsp3) is 0.0909. The third-order valence-corrected chi connectivity index (χ3v) is 3.65. The van der Waals surface area contributed by atoms with Crippen molar-refractivity contribution >= 4 is 27.5 Å². The van der Waals surface area contributed by atoms with Crippen LogP contribution in [0, 0.1) is 0 Å². The van der Waals surface area contributed by atoms with Crippen molar-refractivity contribution in [1.29, 1.82) is 0 Å². The van der Waals surface area contributed by atoms with Crippen LogP contribution in [0.5, 0.6) is 0 Å². The molecule has 1 unspecified atom stereocenters. The van der Waals surface area contributed by atoms with Crippen molar-refractivity contribution in [3.05, 3.63) is 57.5 Å². The molecular weight excluding hydrogens is 304 g/mol. The van der Waals surface area contributed by atoms with Gasteiger partial charge >= 0.3 is 0 Å². The normalized spacial score (nSPS) is 12.4. The quantitative estimate of drug-likeness (QED) is 0.675. The standard InChI is InChI=1S/C11H10BrClN4/c12-8-3-1-2-7(10(8)13)11(17-14)9-6-15-4-5-16-9/h1-6,11,17H,14H2. The van der Waals surface area contributed by atoms with E-state index >= 15 is 0 Å². The molecule has 2 aromatic rings. The Labute approximate surface area is 112 Å². The van der Waals surface area contributed by atoms with Gasteiger partial charge in [-0.2, -0.15) is 0 Å². The number of rotatable bonds is 3. The molecule has 17 heavy (non-hydrogen) atoms. The minimum absolute atomic E-state index is 0.284. The van der Waals surface area contributed by atoms with Crippen molar-refractivity contribution in [2.45, 2.75) is 6.04 Å². The zero-order chi connectivity index (χ0) is 12.3. The Morgan fingerprint density at radius 2 is 2.18 bits per heavy atom. The number of nitrogens with zero attached hydrogens (tertiary/aromatic N) is 2. The Balaban J connectivity index is 2.46. The Kier molecular flexibility index (Phi) is 4.06. The first-order valence-corrected chi connectivity index (χ1v) is 6.07. The van der Waals surface area contributed by atoms with Crippen LogP contribution < -0.4 is 11.3 Å². The van der Waals surface area contributed by atoms with Gasteiger partial charge in [0.25, 0.3) is 0 Å². The molecule has 0 saturated heterocycles. The third-order valence-electron chi connectivity index (χ3n) is 2.34. The first kappa shape index (κ1) is 12.4. The van der Waals surface area contributed by atoms with Crippen LogP contribution >= 0.6 is 27.5 Å². The predicted molar refractivity (Wildman–Crippen MR) is 70.4 cm³/mol. The third kappa shape index (κ3) is 2.63.